The Kier molecular flexibility index (Phi) is 3.10. The van der Waals surface area contributed by atoms with E-state index in [1.54, 1.807) is 0 Å². The van der Waals surface area contributed by atoms with Gasteiger partial charge < -0.3 is 4.90 Å². The van der Waals surface area contributed by atoms with Crippen molar-refractivity contribution >= 4 is 15.9 Å². The van der Waals surface area contributed by atoms with E-state index < -0.39 is 0 Å². The van der Waals surface area contributed by atoms with Gasteiger partial charge in [0.05, 0.1) is 0 Å². The third-order valence-electron chi connectivity index (χ3n) is 4.22. The van der Waals surface area contributed by atoms with E-state index in [-0.39, 0.29) is 0 Å². The Bertz CT molecular complexity index is 309. The number of piperidine rings is 1. The van der Waals surface area contributed by atoms with Crippen molar-refractivity contribution in [3.63, 3.8) is 0 Å². The number of likely N-dealkylation sites (tertiary alicyclic amines) is 1. The third kappa shape index (κ3) is 2.37. The van der Waals surface area contributed by atoms with Crippen LogP contribution in [0, 0.1) is 11.8 Å². The summed E-state index contributed by atoms with van der Waals surface area (Å²) in [5, 5.41) is 0. The largest absolute Gasteiger partial charge is 0.372 e. The zero-order valence-corrected chi connectivity index (χ0v) is 11.3. The van der Waals surface area contributed by atoms with Gasteiger partial charge >= 0.3 is 0 Å². The molecule has 16 heavy (non-hydrogen) atoms. The van der Waals surface area contributed by atoms with E-state index in [0.29, 0.717) is 4.83 Å². The SMILES string of the molecule is BrC1C=CC(N2CCC(C3CC3)CC2)=CC1. The van der Waals surface area contributed by atoms with E-state index in [9.17, 15) is 0 Å². The molecule has 1 unspecified atom stereocenters. The Hall–Kier alpha value is -0.240. The van der Waals surface area contributed by atoms with Gasteiger partial charge in [0.2, 0.25) is 0 Å². The topological polar surface area (TPSA) is 3.24 Å². The van der Waals surface area contributed by atoms with Crippen LogP contribution in [0.2, 0.25) is 0 Å². The molecule has 1 saturated carbocycles. The molecule has 1 heterocycles. The van der Waals surface area contributed by atoms with Gasteiger partial charge in [-0.05, 0) is 50.0 Å². The van der Waals surface area contributed by atoms with Crippen LogP contribution < -0.4 is 0 Å². The average molecular weight is 282 g/mol. The van der Waals surface area contributed by atoms with Crippen LogP contribution in [-0.2, 0) is 0 Å². The first-order valence-corrected chi connectivity index (χ1v) is 7.52. The first-order valence-electron chi connectivity index (χ1n) is 6.60. The molecule has 0 aromatic carbocycles. The van der Waals surface area contributed by atoms with Crippen LogP contribution in [0.4, 0.5) is 0 Å². The summed E-state index contributed by atoms with van der Waals surface area (Å²) in [5.74, 6) is 2.15. The van der Waals surface area contributed by atoms with Gasteiger partial charge in [-0.3, -0.25) is 0 Å². The molecule has 88 valence electrons. The van der Waals surface area contributed by atoms with Crippen LogP contribution in [-0.4, -0.2) is 22.8 Å². The molecule has 2 heteroatoms. The number of alkyl halides is 1. The summed E-state index contributed by atoms with van der Waals surface area (Å²) in [6, 6.07) is 0. The highest BCUT2D eigenvalue weighted by molar-refractivity contribution is 9.09. The summed E-state index contributed by atoms with van der Waals surface area (Å²) in [4.78, 5) is 3.13. The summed E-state index contributed by atoms with van der Waals surface area (Å²) < 4.78 is 0. The first-order chi connectivity index (χ1) is 7.83. The molecule has 2 aliphatic carbocycles. The minimum absolute atomic E-state index is 0.556. The fraction of sp³-hybridized carbons (Fsp3) is 0.714. The molecule has 2 fully saturated rings. The van der Waals surface area contributed by atoms with Crippen LogP contribution in [0.5, 0.6) is 0 Å². The van der Waals surface area contributed by atoms with Crippen LogP contribution in [0.15, 0.2) is 23.9 Å². The molecule has 0 spiro atoms. The van der Waals surface area contributed by atoms with Gasteiger partial charge in [0.15, 0.2) is 0 Å². The average Bonchev–Trinajstić information content (AvgIpc) is 3.14. The maximum atomic E-state index is 3.63. The molecule has 0 radical (unpaired) electrons. The highest BCUT2D eigenvalue weighted by Crippen LogP contribution is 2.42. The second-order valence-electron chi connectivity index (χ2n) is 5.40. The zero-order chi connectivity index (χ0) is 11.0. The summed E-state index contributed by atoms with van der Waals surface area (Å²) >= 11 is 3.63. The number of rotatable bonds is 2. The molecule has 1 saturated heterocycles. The lowest BCUT2D eigenvalue weighted by molar-refractivity contribution is 0.214. The van der Waals surface area contributed by atoms with Crippen molar-refractivity contribution in [1.82, 2.24) is 4.90 Å². The fourth-order valence-electron chi connectivity index (χ4n) is 3.01. The second-order valence-corrected chi connectivity index (χ2v) is 6.58. The summed E-state index contributed by atoms with van der Waals surface area (Å²) in [7, 11) is 0. The molecular weight excluding hydrogens is 262 g/mol. The smallest absolute Gasteiger partial charge is 0.0364 e. The van der Waals surface area contributed by atoms with Gasteiger partial charge in [0.1, 0.15) is 0 Å². The van der Waals surface area contributed by atoms with Gasteiger partial charge in [0.25, 0.3) is 0 Å². The lowest BCUT2D eigenvalue weighted by Gasteiger charge is -2.35. The Morgan fingerprint density at radius 2 is 1.75 bits per heavy atom. The summed E-state index contributed by atoms with van der Waals surface area (Å²) in [6.45, 7) is 2.56. The maximum absolute atomic E-state index is 3.63. The Morgan fingerprint density at radius 1 is 1.06 bits per heavy atom. The van der Waals surface area contributed by atoms with E-state index in [0.717, 1.165) is 18.3 Å². The molecular formula is C14H20BrN. The minimum atomic E-state index is 0.556. The molecule has 0 bridgehead atoms. The number of allylic oxidation sites excluding steroid dienone is 3. The van der Waals surface area contributed by atoms with Crippen LogP contribution in [0.1, 0.15) is 32.1 Å². The van der Waals surface area contributed by atoms with Gasteiger partial charge in [-0.1, -0.05) is 28.1 Å². The van der Waals surface area contributed by atoms with Crippen molar-refractivity contribution in [1.29, 1.82) is 0 Å². The minimum Gasteiger partial charge on any atom is -0.372 e. The predicted octanol–water partition coefficient (Wildman–Crippen LogP) is 3.72. The van der Waals surface area contributed by atoms with Crippen molar-refractivity contribution < 1.29 is 0 Å². The molecule has 0 amide bonds. The van der Waals surface area contributed by atoms with E-state index in [2.05, 4.69) is 39.1 Å². The maximum Gasteiger partial charge on any atom is 0.0364 e. The van der Waals surface area contributed by atoms with Crippen molar-refractivity contribution in [2.75, 3.05) is 13.1 Å². The fourth-order valence-corrected chi connectivity index (χ4v) is 3.35. The molecule has 1 nitrogen and oxygen atoms in total. The third-order valence-corrected chi connectivity index (χ3v) is 4.90. The highest BCUT2D eigenvalue weighted by Gasteiger charge is 2.33. The molecule has 1 atom stereocenters. The van der Waals surface area contributed by atoms with E-state index in [4.69, 9.17) is 0 Å². The van der Waals surface area contributed by atoms with Crippen molar-refractivity contribution in [3.8, 4) is 0 Å². The zero-order valence-electron chi connectivity index (χ0n) is 9.74. The van der Waals surface area contributed by atoms with Gasteiger partial charge in [-0.15, -0.1) is 0 Å². The lowest BCUT2D eigenvalue weighted by atomic mass is 9.91. The first kappa shape index (κ1) is 10.9. The van der Waals surface area contributed by atoms with E-state index in [1.165, 1.54) is 44.5 Å². The number of nitrogens with zero attached hydrogens (tertiary/aromatic N) is 1. The lowest BCUT2D eigenvalue weighted by Crippen LogP contribution is -2.33. The number of hydrogen-bond acceptors (Lipinski definition) is 1. The Balaban J connectivity index is 1.55. The van der Waals surface area contributed by atoms with Gasteiger partial charge in [-0.2, -0.15) is 0 Å². The quantitative estimate of drug-likeness (QED) is 0.698. The summed E-state index contributed by atoms with van der Waals surface area (Å²) in [5.41, 5.74) is 1.46. The van der Waals surface area contributed by atoms with Gasteiger partial charge in [0, 0.05) is 23.6 Å². The van der Waals surface area contributed by atoms with Crippen molar-refractivity contribution in [2.45, 2.75) is 36.9 Å². The monoisotopic (exact) mass is 281 g/mol. The molecule has 0 N–H and O–H groups in total. The van der Waals surface area contributed by atoms with Crippen molar-refractivity contribution in [2.24, 2.45) is 11.8 Å². The molecule has 0 aromatic rings. The summed E-state index contributed by atoms with van der Waals surface area (Å²) in [6.07, 6.45) is 14.0. The molecule has 3 aliphatic rings. The molecule has 3 rings (SSSR count). The number of halogens is 1. The highest BCUT2D eigenvalue weighted by atomic mass is 79.9. The van der Waals surface area contributed by atoms with E-state index in [1.807, 2.05) is 0 Å². The van der Waals surface area contributed by atoms with Gasteiger partial charge in [-0.25, -0.2) is 0 Å². The molecule has 1 aliphatic heterocycles. The van der Waals surface area contributed by atoms with Crippen LogP contribution in [0.25, 0.3) is 0 Å². The van der Waals surface area contributed by atoms with E-state index >= 15 is 0 Å². The standard InChI is InChI=1S/C14H20BrN/c15-13-3-5-14(6-4-13)16-9-7-12(8-10-16)11-1-2-11/h3,5-6,11-13H,1-2,4,7-10H2. The predicted molar refractivity (Wildman–Crippen MR) is 71.6 cm³/mol. The number of hydrogen-bond donors (Lipinski definition) is 0. The Morgan fingerprint density at radius 3 is 2.31 bits per heavy atom. The second kappa shape index (κ2) is 4.56. The van der Waals surface area contributed by atoms with Crippen LogP contribution in [0.3, 0.4) is 0 Å². The Labute approximate surface area is 107 Å². The molecule has 0 aromatic heterocycles. The normalized spacial score (nSPS) is 31.7. The van der Waals surface area contributed by atoms with Crippen molar-refractivity contribution in [3.05, 3.63) is 23.9 Å². The van der Waals surface area contributed by atoms with Crippen LogP contribution >= 0.6 is 15.9 Å².